The fraction of sp³-hybridized carbons (Fsp3) is 0.316. The lowest BCUT2D eigenvalue weighted by atomic mass is 9.96. The molecule has 0 spiro atoms. The number of likely N-dealkylation sites (tertiary alicyclic amines) is 1. The molecule has 0 aliphatic carbocycles. The van der Waals surface area contributed by atoms with Crippen LogP contribution in [0.3, 0.4) is 0 Å². The van der Waals surface area contributed by atoms with Gasteiger partial charge in [0, 0.05) is 31.4 Å². The van der Waals surface area contributed by atoms with Crippen LogP contribution >= 0.6 is 11.6 Å². The monoisotopic (exact) mass is 372 g/mol. The number of rotatable bonds is 4. The Kier molecular flexibility index (Phi) is 5.85. The van der Waals surface area contributed by atoms with Crippen LogP contribution in [0.15, 0.2) is 42.6 Å². The topological polar surface area (TPSA) is 88.3 Å². The Morgan fingerprint density at radius 3 is 2.65 bits per heavy atom. The van der Waals surface area contributed by atoms with Crippen molar-refractivity contribution in [2.24, 2.45) is 11.7 Å². The fourth-order valence-corrected chi connectivity index (χ4v) is 3.13. The number of anilines is 1. The predicted octanol–water partition coefficient (Wildman–Crippen LogP) is 2.68. The Bertz CT molecular complexity index is 777. The first kappa shape index (κ1) is 18.4. The van der Waals surface area contributed by atoms with E-state index in [1.54, 1.807) is 29.2 Å². The van der Waals surface area contributed by atoms with Crippen molar-refractivity contribution in [3.05, 3.63) is 58.7 Å². The maximum Gasteiger partial charge on any atom is 0.253 e. The van der Waals surface area contributed by atoms with E-state index in [4.69, 9.17) is 17.3 Å². The summed E-state index contributed by atoms with van der Waals surface area (Å²) in [6, 6.07) is 10.6. The summed E-state index contributed by atoms with van der Waals surface area (Å²) in [6.07, 6.45) is 3.02. The van der Waals surface area contributed by atoms with Crippen molar-refractivity contribution in [1.82, 2.24) is 9.88 Å². The Morgan fingerprint density at radius 1 is 1.23 bits per heavy atom. The Balaban J connectivity index is 1.63. The summed E-state index contributed by atoms with van der Waals surface area (Å²) in [4.78, 5) is 31.0. The number of nitrogens with one attached hydrogen (secondary N) is 1. The molecule has 1 aromatic heterocycles. The Morgan fingerprint density at radius 2 is 2.00 bits per heavy atom. The molecule has 6 nitrogen and oxygen atoms in total. The summed E-state index contributed by atoms with van der Waals surface area (Å²) in [7, 11) is 0. The molecule has 1 unspecified atom stereocenters. The number of nitrogens with zero attached hydrogens (tertiary/aromatic N) is 2. The molecule has 26 heavy (non-hydrogen) atoms. The zero-order valence-corrected chi connectivity index (χ0v) is 15.1. The lowest BCUT2D eigenvalue weighted by molar-refractivity contribution is -0.121. The highest BCUT2D eigenvalue weighted by Gasteiger charge is 2.29. The summed E-state index contributed by atoms with van der Waals surface area (Å²) < 4.78 is 0. The van der Waals surface area contributed by atoms with Crippen LogP contribution in [0.1, 0.15) is 28.8 Å². The highest BCUT2D eigenvalue weighted by Crippen LogP contribution is 2.21. The zero-order chi connectivity index (χ0) is 18.5. The molecule has 136 valence electrons. The maximum absolute atomic E-state index is 12.7. The standard InChI is InChI=1S/C19H21ClN4O2/c20-16-7-8-17(22-11-16)23-18(25)15-2-1-9-24(12-15)19(26)14-5-3-13(10-21)4-6-14/h3-8,11,15H,1-2,9-10,12,21H2,(H,22,23,25). The van der Waals surface area contributed by atoms with Crippen LogP contribution in [-0.2, 0) is 11.3 Å². The second kappa shape index (κ2) is 8.29. The minimum absolute atomic E-state index is 0.0595. The number of pyridine rings is 1. The van der Waals surface area contributed by atoms with E-state index >= 15 is 0 Å². The van der Waals surface area contributed by atoms with Crippen molar-refractivity contribution in [3.8, 4) is 0 Å². The molecule has 1 aliphatic heterocycles. The normalized spacial score (nSPS) is 17.0. The van der Waals surface area contributed by atoms with Gasteiger partial charge in [0.1, 0.15) is 5.82 Å². The molecule has 7 heteroatoms. The number of amides is 2. The number of hydrogen-bond donors (Lipinski definition) is 2. The minimum Gasteiger partial charge on any atom is -0.338 e. The van der Waals surface area contributed by atoms with Crippen LogP contribution in [0.25, 0.3) is 0 Å². The molecule has 1 aromatic carbocycles. The van der Waals surface area contributed by atoms with E-state index in [-0.39, 0.29) is 17.7 Å². The second-order valence-electron chi connectivity index (χ2n) is 6.34. The predicted molar refractivity (Wildman–Crippen MR) is 101 cm³/mol. The van der Waals surface area contributed by atoms with E-state index in [9.17, 15) is 9.59 Å². The van der Waals surface area contributed by atoms with Crippen LogP contribution in [0.5, 0.6) is 0 Å². The fourth-order valence-electron chi connectivity index (χ4n) is 3.02. The number of hydrogen-bond acceptors (Lipinski definition) is 4. The third-order valence-electron chi connectivity index (χ3n) is 4.49. The summed E-state index contributed by atoms with van der Waals surface area (Å²) in [5, 5.41) is 3.30. The SMILES string of the molecule is NCc1ccc(C(=O)N2CCCC(C(=O)Nc3ccc(Cl)cn3)C2)cc1. The molecule has 3 N–H and O–H groups in total. The van der Waals surface area contributed by atoms with E-state index in [1.165, 1.54) is 6.20 Å². The van der Waals surface area contributed by atoms with Gasteiger partial charge in [-0.3, -0.25) is 9.59 Å². The van der Waals surface area contributed by atoms with Crippen molar-refractivity contribution >= 4 is 29.2 Å². The van der Waals surface area contributed by atoms with Crippen LogP contribution in [0.2, 0.25) is 5.02 Å². The van der Waals surface area contributed by atoms with Gasteiger partial charge in [-0.25, -0.2) is 4.98 Å². The number of aromatic nitrogens is 1. The van der Waals surface area contributed by atoms with E-state index in [0.29, 0.717) is 36.0 Å². The number of carbonyl (C=O) groups excluding carboxylic acids is 2. The van der Waals surface area contributed by atoms with Gasteiger partial charge in [0.25, 0.3) is 5.91 Å². The molecular formula is C19H21ClN4O2. The van der Waals surface area contributed by atoms with E-state index in [0.717, 1.165) is 18.4 Å². The van der Waals surface area contributed by atoms with Gasteiger partial charge in [0.2, 0.25) is 5.91 Å². The van der Waals surface area contributed by atoms with Crippen LogP contribution in [-0.4, -0.2) is 34.8 Å². The lowest BCUT2D eigenvalue weighted by Gasteiger charge is -2.32. The molecule has 1 atom stereocenters. The van der Waals surface area contributed by atoms with Gasteiger partial charge in [-0.1, -0.05) is 23.7 Å². The first-order chi connectivity index (χ1) is 12.6. The molecule has 1 saturated heterocycles. The van der Waals surface area contributed by atoms with Crippen LogP contribution < -0.4 is 11.1 Å². The molecule has 2 heterocycles. The zero-order valence-electron chi connectivity index (χ0n) is 14.3. The third kappa shape index (κ3) is 4.39. The molecule has 0 radical (unpaired) electrons. The van der Waals surface area contributed by atoms with E-state index < -0.39 is 0 Å². The van der Waals surface area contributed by atoms with Gasteiger partial charge in [0.05, 0.1) is 10.9 Å². The van der Waals surface area contributed by atoms with Crippen molar-refractivity contribution in [2.45, 2.75) is 19.4 Å². The van der Waals surface area contributed by atoms with Gasteiger partial charge < -0.3 is 16.0 Å². The van der Waals surface area contributed by atoms with Gasteiger partial charge in [-0.2, -0.15) is 0 Å². The molecule has 2 amide bonds. The summed E-state index contributed by atoms with van der Waals surface area (Å²) >= 11 is 5.80. The number of piperidine rings is 1. The minimum atomic E-state index is -0.256. The molecule has 0 bridgehead atoms. The molecular weight excluding hydrogens is 352 g/mol. The number of carbonyl (C=O) groups is 2. The van der Waals surface area contributed by atoms with Crippen molar-refractivity contribution in [3.63, 3.8) is 0 Å². The third-order valence-corrected chi connectivity index (χ3v) is 4.72. The van der Waals surface area contributed by atoms with Crippen molar-refractivity contribution in [2.75, 3.05) is 18.4 Å². The molecule has 1 fully saturated rings. The highest BCUT2D eigenvalue weighted by molar-refractivity contribution is 6.30. The largest absolute Gasteiger partial charge is 0.338 e. The lowest BCUT2D eigenvalue weighted by Crippen LogP contribution is -2.43. The van der Waals surface area contributed by atoms with Crippen molar-refractivity contribution < 1.29 is 9.59 Å². The van der Waals surface area contributed by atoms with Gasteiger partial charge >= 0.3 is 0 Å². The van der Waals surface area contributed by atoms with Crippen LogP contribution in [0.4, 0.5) is 5.82 Å². The molecule has 2 aromatic rings. The average Bonchev–Trinajstić information content (AvgIpc) is 2.69. The van der Waals surface area contributed by atoms with Gasteiger partial charge in [0.15, 0.2) is 0 Å². The van der Waals surface area contributed by atoms with E-state index in [2.05, 4.69) is 10.3 Å². The first-order valence-electron chi connectivity index (χ1n) is 8.57. The smallest absolute Gasteiger partial charge is 0.253 e. The Labute approximate surface area is 157 Å². The number of nitrogens with two attached hydrogens (primary N) is 1. The number of benzene rings is 1. The molecule has 1 aliphatic rings. The van der Waals surface area contributed by atoms with Crippen molar-refractivity contribution in [1.29, 1.82) is 0 Å². The number of halogens is 1. The van der Waals surface area contributed by atoms with Gasteiger partial charge in [-0.05, 0) is 42.7 Å². The molecule has 0 saturated carbocycles. The summed E-state index contributed by atoms with van der Waals surface area (Å²) in [5.74, 6) is 0.0141. The Hall–Kier alpha value is -2.44. The van der Waals surface area contributed by atoms with Crippen LogP contribution in [0, 0.1) is 5.92 Å². The quantitative estimate of drug-likeness (QED) is 0.863. The highest BCUT2D eigenvalue weighted by atomic mass is 35.5. The second-order valence-corrected chi connectivity index (χ2v) is 6.78. The maximum atomic E-state index is 12.7. The van der Waals surface area contributed by atoms with Gasteiger partial charge in [-0.15, -0.1) is 0 Å². The van der Waals surface area contributed by atoms with E-state index in [1.807, 2.05) is 12.1 Å². The molecule has 3 rings (SSSR count). The average molecular weight is 373 g/mol. The first-order valence-corrected chi connectivity index (χ1v) is 8.95. The summed E-state index contributed by atoms with van der Waals surface area (Å²) in [6.45, 7) is 1.50. The summed E-state index contributed by atoms with van der Waals surface area (Å²) in [5.41, 5.74) is 7.18.